The summed E-state index contributed by atoms with van der Waals surface area (Å²) in [5.41, 5.74) is 3.83. The number of hydrogen-bond acceptors (Lipinski definition) is 4. The Morgan fingerprint density at radius 2 is 2.05 bits per heavy atom. The van der Waals surface area contributed by atoms with E-state index >= 15 is 0 Å². The number of aryl methyl sites for hydroxylation is 1. The molecule has 4 nitrogen and oxygen atoms in total. The highest BCUT2D eigenvalue weighted by molar-refractivity contribution is 5.69. The van der Waals surface area contributed by atoms with Gasteiger partial charge in [0.1, 0.15) is 18.0 Å². The van der Waals surface area contributed by atoms with Crippen molar-refractivity contribution >= 4 is 17.3 Å². The predicted molar refractivity (Wildman–Crippen MR) is 87.3 cm³/mol. The molecule has 0 amide bonds. The van der Waals surface area contributed by atoms with Gasteiger partial charge in [0.05, 0.1) is 0 Å². The molecule has 3 rings (SSSR count). The Kier molecular flexibility index (Phi) is 4.04. The molecule has 0 unspecified atom stereocenters. The van der Waals surface area contributed by atoms with Crippen LogP contribution >= 0.6 is 0 Å². The second-order valence-corrected chi connectivity index (χ2v) is 5.44. The average molecular weight is 282 g/mol. The van der Waals surface area contributed by atoms with Crippen LogP contribution in [0.2, 0.25) is 0 Å². The summed E-state index contributed by atoms with van der Waals surface area (Å²) in [6.07, 6.45) is 5.23. The molecule has 2 heterocycles. The molecule has 1 aromatic heterocycles. The summed E-state index contributed by atoms with van der Waals surface area (Å²) in [4.78, 5) is 11.3. The van der Waals surface area contributed by atoms with Crippen molar-refractivity contribution in [2.24, 2.45) is 0 Å². The van der Waals surface area contributed by atoms with Crippen molar-refractivity contribution in [3.8, 4) is 0 Å². The van der Waals surface area contributed by atoms with Gasteiger partial charge in [-0.2, -0.15) is 0 Å². The summed E-state index contributed by atoms with van der Waals surface area (Å²) >= 11 is 0. The molecule has 1 aliphatic rings. The molecule has 21 heavy (non-hydrogen) atoms. The maximum Gasteiger partial charge on any atom is 0.141 e. The van der Waals surface area contributed by atoms with Gasteiger partial charge >= 0.3 is 0 Å². The number of anilines is 3. The van der Waals surface area contributed by atoms with Crippen LogP contribution in [0, 0.1) is 6.92 Å². The number of para-hydroxylation sites is 1. The monoisotopic (exact) mass is 282 g/mol. The van der Waals surface area contributed by atoms with Gasteiger partial charge in [0.2, 0.25) is 0 Å². The average Bonchev–Trinajstić information content (AvgIpc) is 2.72. The van der Waals surface area contributed by atoms with Crippen LogP contribution in [0.5, 0.6) is 0 Å². The number of nitrogens with one attached hydrogen (secondary N) is 1. The Morgan fingerprint density at radius 1 is 1.19 bits per heavy atom. The zero-order valence-corrected chi connectivity index (χ0v) is 12.8. The summed E-state index contributed by atoms with van der Waals surface area (Å²) in [6.45, 7) is 6.07. The molecule has 0 atom stereocenters. The van der Waals surface area contributed by atoms with E-state index in [-0.39, 0.29) is 0 Å². The molecule has 0 fully saturated rings. The Balaban J connectivity index is 2.06. The van der Waals surface area contributed by atoms with Crippen LogP contribution in [-0.2, 0) is 6.42 Å². The number of benzene rings is 1. The van der Waals surface area contributed by atoms with Crippen LogP contribution in [0.15, 0.2) is 30.6 Å². The van der Waals surface area contributed by atoms with Crippen molar-refractivity contribution in [3.63, 3.8) is 0 Å². The largest absolute Gasteiger partial charge is 0.370 e. The van der Waals surface area contributed by atoms with Crippen molar-refractivity contribution in [2.75, 3.05) is 23.3 Å². The smallest absolute Gasteiger partial charge is 0.141 e. The van der Waals surface area contributed by atoms with Crippen LogP contribution < -0.4 is 10.2 Å². The molecule has 1 aromatic carbocycles. The maximum atomic E-state index is 4.56. The Hall–Kier alpha value is -2.10. The van der Waals surface area contributed by atoms with Crippen LogP contribution in [0.3, 0.4) is 0 Å². The first-order valence-electron chi connectivity index (χ1n) is 7.72. The van der Waals surface area contributed by atoms with Crippen LogP contribution in [0.4, 0.5) is 17.3 Å². The van der Waals surface area contributed by atoms with E-state index < -0.39 is 0 Å². The minimum Gasteiger partial charge on any atom is -0.370 e. The first kappa shape index (κ1) is 13.9. The zero-order valence-electron chi connectivity index (χ0n) is 12.8. The second kappa shape index (κ2) is 6.12. The third-order valence-corrected chi connectivity index (χ3v) is 4.02. The minimum atomic E-state index is 0.869. The lowest BCUT2D eigenvalue weighted by molar-refractivity contribution is 0.756. The van der Waals surface area contributed by atoms with E-state index in [4.69, 9.17) is 0 Å². The van der Waals surface area contributed by atoms with Crippen molar-refractivity contribution in [1.82, 2.24) is 9.97 Å². The number of nitrogens with zero attached hydrogens (tertiary/aromatic N) is 3. The third-order valence-electron chi connectivity index (χ3n) is 4.02. The highest BCUT2D eigenvalue weighted by atomic mass is 15.2. The van der Waals surface area contributed by atoms with E-state index in [1.807, 2.05) is 0 Å². The van der Waals surface area contributed by atoms with Crippen LogP contribution in [-0.4, -0.2) is 23.1 Å². The van der Waals surface area contributed by atoms with Crippen molar-refractivity contribution in [2.45, 2.75) is 33.1 Å². The Morgan fingerprint density at radius 3 is 2.90 bits per heavy atom. The highest BCUT2D eigenvalue weighted by Gasteiger charge is 2.20. The van der Waals surface area contributed by atoms with Gasteiger partial charge in [-0.1, -0.05) is 18.2 Å². The minimum absolute atomic E-state index is 0.869. The van der Waals surface area contributed by atoms with E-state index in [1.54, 1.807) is 6.33 Å². The third kappa shape index (κ3) is 2.71. The van der Waals surface area contributed by atoms with E-state index in [9.17, 15) is 0 Å². The highest BCUT2D eigenvalue weighted by Crippen LogP contribution is 2.34. The Labute approximate surface area is 126 Å². The Bertz CT molecular complexity index is 624. The molecule has 0 radical (unpaired) electrons. The summed E-state index contributed by atoms with van der Waals surface area (Å²) in [5, 5.41) is 3.32. The molecule has 2 aromatic rings. The summed E-state index contributed by atoms with van der Waals surface area (Å²) in [6, 6.07) is 8.67. The van der Waals surface area contributed by atoms with Gasteiger partial charge in [0.25, 0.3) is 0 Å². The summed E-state index contributed by atoms with van der Waals surface area (Å²) in [5.74, 6) is 1.96. The van der Waals surface area contributed by atoms with Gasteiger partial charge in [-0.25, -0.2) is 9.97 Å². The predicted octanol–water partition coefficient (Wildman–Crippen LogP) is 3.69. The lowest BCUT2D eigenvalue weighted by Crippen LogP contribution is -2.21. The van der Waals surface area contributed by atoms with Gasteiger partial charge in [0, 0.05) is 24.3 Å². The number of hydrogen-bond donors (Lipinski definition) is 1. The summed E-state index contributed by atoms with van der Waals surface area (Å²) < 4.78 is 0. The van der Waals surface area contributed by atoms with Gasteiger partial charge < -0.3 is 10.2 Å². The zero-order chi connectivity index (χ0) is 14.7. The fourth-order valence-corrected chi connectivity index (χ4v) is 2.97. The molecule has 0 saturated carbocycles. The van der Waals surface area contributed by atoms with Gasteiger partial charge in [-0.3, -0.25) is 0 Å². The molecule has 0 aliphatic carbocycles. The lowest BCUT2D eigenvalue weighted by Gasteiger charge is -2.26. The maximum absolute atomic E-state index is 4.56. The number of rotatable bonds is 3. The topological polar surface area (TPSA) is 41.1 Å². The van der Waals surface area contributed by atoms with Crippen molar-refractivity contribution < 1.29 is 0 Å². The molecule has 110 valence electrons. The molecule has 0 spiro atoms. The number of aromatic nitrogens is 2. The van der Waals surface area contributed by atoms with Crippen LogP contribution in [0.1, 0.15) is 30.9 Å². The quantitative estimate of drug-likeness (QED) is 0.932. The van der Waals surface area contributed by atoms with Crippen molar-refractivity contribution in [1.29, 1.82) is 0 Å². The van der Waals surface area contributed by atoms with Crippen molar-refractivity contribution in [3.05, 3.63) is 41.7 Å². The molecular weight excluding hydrogens is 260 g/mol. The lowest BCUT2D eigenvalue weighted by atomic mass is 10.1. The van der Waals surface area contributed by atoms with Gasteiger partial charge in [-0.05, 0) is 44.7 Å². The van der Waals surface area contributed by atoms with E-state index in [2.05, 4.69) is 58.3 Å². The molecule has 1 aliphatic heterocycles. The first-order chi connectivity index (χ1) is 10.3. The fraction of sp³-hybridized carbons (Fsp3) is 0.412. The first-order valence-corrected chi connectivity index (χ1v) is 7.72. The van der Waals surface area contributed by atoms with Crippen LogP contribution in [0.25, 0.3) is 0 Å². The van der Waals surface area contributed by atoms with Gasteiger partial charge in [-0.15, -0.1) is 0 Å². The molecular formula is C17H22N4. The van der Waals surface area contributed by atoms with E-state index in [0.717, 1.165) is 36.7 Å². The standard InChI is InChI=1S/C17H22N4/c1-3-18-16-13(2)17(20-12-19-16)21-11-7-6-9-14-8-4-5-10-15(14)21/h4-5,8,10,12H,3,6-7,9,11H2,1-2H3,(H,18,19,20). The van der Waals surface area contributed by atoms with E-state index in [1.165, 1.54) is 24.1 Å². The normalized spacial score (nSPS) is 14.5. The molecule has 0 saturated heterocycles. The SMILES string of the molecule is CCNc1ncnc(N2CCCCc3ccccc32)c1C. The molecule has 0 bridgehead atoms. The fourth-order valence-electron chi connectivity index (χ4n) is 2.97. The summed E-state index contributed by atoms with van der Waals surface area (Å²) in [7, 11) is 0. The van der Waals surface area contributed by atoms with E-state index in [0.29, 0.717) is 0 Å². The second-order valence-electron chi connectivity index (χ2n) is 5.44. The number of fused-ring (bicyclic) bond motifs is 1. The van der Waals surface area contributed by atoms with Gasteiger partial charge in [0.15, 0.2) is 0 Å². The molecule has 4 heteroatoms. The molecule has 1 N–H and O–H groups in total.